The maximum Gasteiger partial charge on any atom is 0.328 e. The summed E-state index contributed by atoms with van der Waals surface area (Å²) in [6.45, 7) is -0.842. The first-order valence-electron chi connectivity index (χ1n) is 5.20. The molecule has 0 aromatic heterocycles. The normalized spacial score (nSPS) is 11.5. The Morgan fingerprint density at radius 2 is 2.10 bits per heavy atom. The zero-order valence-corrected chi connectivity index (χ0v) is 9.87. The molecule has 0 unspecified atom stereocenters. The van der Waals surface area contributed by atoms with Crippen LogP contribution >= 0.6 is 0 Å². The molecule has 1 atom stereocenters. The second kappa shape index (κ2) is 6.43. The third-order valence-electron chi connectivity index (χ3n) is 2.20. The molecule has 1 rings (SSSR count). The molecule has 0 spiro atoms. The van der Waals surface area contributed by atoms with Gasteiger partial charge in [0.1, 0.15) is 0 Å². The van der Waals surface area contributed by atoms with Crippen LogP contribution in [0.1, 0.15) is 0 Å². The van der Waals surface area contributed by atoms with E-state index in [2.05, 4.69) is 0 Å². The number of aliphatic hydroxyl groups is 1. The number of amides is 2. The van der Waals surface area contributed by atoms with Gasteiger partial charge in [0.05, 0.1) is 23.3 Å². The van der Waals surface area contributed by atoms with Crippen LogP contribution in [0.5, 0.6) is 0 Å². The van der Waals surface area contributed by atoms with Crippen molar-refractivity contribution < 1.29 is 29.1 Å². The number of carbonyl (C=O) groups excluding carboxylic acids is 1. The Kier molecular flexibility index (Phi) is 4.92. The van der Waals surface area contributed by atoms with Gasteiger partial charge in [-0.05, 0) is 6.07 Å². The van der Waals surface area contributed by atoms with E-state index in [1.54, 1.807) is 0 Å². The number of carboxylic acids is 1. The summed E-state index contributed by atoms with van der Waals surface area (Å²) in [6, 6.07) is -0.0762. The Labute approximate surface area is 111 Å². The van der Waals surface area contributed by atoms with E-state index in [-0.39, 0.29) is 5.69 Å². The molecule has 0 bridgehead atoms. The highest BCUT2D eigenvalue weighted by Crippen LogP contribution is 2.20. The van der Waals surface area contributed by atoms with Gasteiger partial charge in [-0.15, -0.1) is 0 Å². The van der Waals surface area contributed by atoms with Gasteiger partial charge in [-0.1, -0.05) is 0 Å². The predicted octanol–water partition coefficient (Wildman–Crippen LogP) is 0.301. The molecule has 1 aromatic carbocycles. The van der Waals surface area contributed by atoms with Crippen LogP contribution in [0.25, 0.3) is 0 Å². The van der Waals surface area contributed by atoms with Crippen molar-refractivity contribution in [3.05, 3.63) is 34.1 Å². The molecule has 4 N–H and O–H groups in total. The average Bonchev–Trinajstić information content (AvgIpc) is 2.37. The number of urea groups is 1. The number of nitro groups is 1. The number of carbonyl (C=O) groups is 2. The van der Waals surface area contributed by atoms with Crippen LogP contribution in [-0.2, 0) is 4.79 Å². The molecular formula is C10H10FN3O6. The number of anilines is 1. The van der Waals surface area contributed by atoms with Crippen LogP contribution in [0.2, 0.25) is 0 Å². The van der Waals surface area contributed by atoms with Crippen LogP contribution in [0, 0.1) is 15.9 Å². The zero-order valence-electron chi connectivity index (χ0n) is 9.87. The Hall–Kier alpha value is -2.75. The molecule has 0 heterocycles. The molecule has 0 saturated carbocycles. The van der Waals surface area contributed by atoms with Gasteiger partial charge in [-0.25, -0.2) is 14.0 Å². The minimum atomic E-state index is -1.55. The molecule has 9 nitrogen and oxygen atoms in total. The number of non-ortho nitro benzene ring substituents is 1. The number of aliphatic carboxylic acids is 1. The van der Waals surface area contributed by atoms with E-state index in [4.69, 9.17) is 10.2 Å². The average molecular weight is 287 g/mol. The summed E-state index contributed by atoms with van der Waals surface area (Å²) in [5.41, 5.74) is -0.859. The Bertz CT molecular complexity index is 550. The van der Waals surface area contributed by atoms with E-state index in [1.807, 2.05) is 10.6 Å². The molecule has 108 valence electrons. The van der Waals surface area contributed by atoms with Crippen molar-refractivity contribution in [2.45, 2.75) is 6.04 Å². The molecule has 0 aliphatic carbocycles. The van der Waals surface area contributed by atoms with Crippen molar-refractivity contribution in [1.29, 1.82) is 0 Å². The Morgan fingerprint density at radius 1 is 1.45 bits per heavy atom. The third kappa shape index (κ3) is 3.88. The lowest BCUT2D eigenvalue weighted by Crippen LogP contribution is -2.45. The van der Waals surface area contributed by atoms with Gasteiger partial charge in [0.25, 0.3) is 5.69 Å². The van der Waals surface area contributed by atoms with Crippen molar-refractivity contribution in [1.82, 2.24) is 5.32 Å². The first-order valence-corrected chi connectivity index (χ1v) is 5.20. The van der Waals surface area contributed by atoms with Gasteiger partial charge >= 0.3 is 12.0 Å². The number of halogens is 1. The lowest BCUT2D eigenvalue weighted by molar-refractivity contribution is -0.385. The number of nitrogens with one attached hydrogen (secondary N) is 2. The van der Waals surface area contributed by atoms with E-state index < -0.39 is 41.1 Å². The minimum absolute atomic E-state index is 0.366. The van der Waals surface area contributed by atoms with E-state index in [0.29, 0.717) is 6.07 Å². The van der Waals surface area contributed by atoms with Crippen molar-refractivity contribution in [2.75, 3.05) is 11.9 Å². The van der Waals surface area contributed by atoms with Crippen LogP contribution in [0.4, 0.5) is 20.6 Å². The van der Waals surface area contributed by atoms with Crippen LogP contribution in [-0.4, -0.2) is 39.8 Å². The molecule has 0 saturated heterocycles. The smallest absolute Gasteiger partial charge is 0.328 e. The topological polar surface area (TPSA) is 142 Å². The molecule has 0 fully saturated rings. The minimum Gasteiger partial charge on any atom is -0.480 e. The molecule has 0 aliphatic rings. The first kappa shape index (κ1) is 15.3. The molecule has 1 aromatic rings. The second-order valence-electron chi connectivity index (χ2n) is 3.59. The molecular weight excluding hydrogens is 277 g/mol. The summed E-state index contributed by atoms with van der Waals surface area (Å²) < 4.78 is 13.4. The Morgan fingerprint density at radius 3 is 2.55 bits per heavy atom. The summed E-state index contributed by atoms with van der Waals surface area (Å²) >= 11 is 0. The number of carboxylic acid groups (broad SMARTS) is 1. The standard InChI is InChI=1S/C10H10FN3O6/c11-6-3-5(14(19)20)1-2-7(6)12-10(18)13-8(4-15)9(16)17/h1-3,8,15H,4H2,(H,16,17)(H2,12,13,18)/t8-/m1/s1. The van der Waals surface area contributed by atoms with Gasteiger partial charge in [-0.2, -0.15) is 0 Å². The lowest BCUT2D eigenvalue weighted by atomic mass is 10.2. The SMILES string of the molecule is O=C(Nc1ccc([N+](=O)[O-])cc1F)N[C@H](CO)C(=O)O. The van der Waals surface area contributed by atoms with Crippen molar-refractivity contribution >= 4 is 23.4 Å². The van der Waals surface area contributed by atoms with E-state index in [9.17, 15) is 24.1 Å². The summed E-state index contributed by atoms with van der Waals surface area (Å²) in [5, 5.41) is 31.5. The first-order chi connectivity index (χ1) is 9.35. The van der Waals surface area contributed by atoms with Crippen LogP contribution in [0.15, 0.2) is 18.2 Å². The molecule has 10 heteroatoms. The number of rotatable bonds is 5. The fourth-order valence-electron chi connectivity index (χ4n) is 1.22. The molecule has 20 heavy (non-hydrogen) atoms. The van der Waals surface area contributed by atoms with Gasteiger partial charge in [-0.3, -0.25) is 10.1 Å². The highest BCUT2D eigenvalue weighted by molar-refractivity contribution is 5.92. The number of hydrogen-bond acceptors (Lipinski definition) is 5. The van der Waals surface area contributed by atoms with E-state index in [1.165, 1.54) is 0 Å². The largest absolute Gasteiger partial charge is 0.480 e. The van der Waals surface area contributed by atoms with Crippen molar-refractivity contribution in [2.24, 2.45) is 0 Å². The van der Waals surface area contributed by atoms with Crippen molar-refractivity contribution in [3.63, 3.8) is 0 Å². The van der Waals surface area contributed by atoms with Gasteiger partial charge in [0.15, 0.2) is 11.9 Å². The molecule has 2 amide bonds. The number of benzene rings is 1. The fraction of sp³-hybridized carbons (Fsp3) is 0.200. The second-order valence-corrected chi connectivity index (χ2v) is 3.59. The lowest BCUT2D eigenvalue weighted by Gasteiger charge is -2.12. The summed E-state index contributed by atoms with van der Waals surface area (Å²) in [4.78, 5) is 31.5. The third-order valence-corrected chi connectivity index (χ3v) is 2.20. The number of nitro benzene ring substituents is 1. The van der Waals surface area contributed by atoms with Crippen molar-refractivity contribution in [3.8, 4) is 0 Å². The highest BCUT2D eigenvalue weighted by Gasteiger charge is 2.19. The Balaban J connectivity index is 2.76. The van der Waals surface area contributed by atoms with Gasteiger partial charge in [0, 0.05) is 6.07 Å². The van der Waals surface area contributed by atoms with E-state index in [0.717, 1.165) is 12.1 Å². The fourth-order valence-corrected chi connectivity index (χ4v) is 1.22. The number of hydrogen-bond donors (Lipinski definition) is 4. The van der Waals surface area contributed by atoms with Gasteiger partial charge < -0.3 is 20.8 Å². The van der Waals surface area contributed by atoms with E-state index >= 15 is 0 Å². The number of nitrogens with zero attached hydrogens (tertiary/aromatic N) is 1. The summed E-state index contributed by atoms with van der Waals surface area (Å²) in [5.74, 6) is -2.52. The number of aliphatic hydroxyl groups excluding tert-OH is 1. The predicted molar refractivity (Wildman–Crippen MR) is 63.7 cm³/mol. The monoisotopic (exact) mass is 287 g/mol. The molecule has 0 radical (unpaired) electrons. The summed E-state index contributed by atoms with van der Waals surface area (Å²) in [7, 11) is 0. The van der Waals surface area contributed by atoms with Crippen LogP contribution in [0.3, 0.4) is 0 Å². The van der Waals surface area contributed by atoms with Gasteiger partial charge in [0.2, 0.25) is 0 Å². The van der Waals surface area contributed by atoms with Crippen LogP contribution < -0.4 is 10.6 Å². The maximum absolute atomic E-state index is 13.4. The maximum atomic E-state index is 13.4. The quantitative estimate of drug-likeness (QED) is 0.453. The molecule has 0 aliphatic heterocycles. The summed E-state index contributed by atoms with van der Waals surface area (Å²) in [6.07, 6.45) is 0. The highest BCUT2D eigenvalue weighted by atomic mass is 19.1. The zero-order chi connectivity index (χ0) is 15.3.